The van der Waals surface area contributed by atoms with E-state index in [-0.39, 0.29) is 36.2 Å². The first-order chi connectivity index (χ1) is 13.2. The molecule has 10 heteroatoms. The molecule has 1 aliphatic rings. The SMILES string of the molecule is CCOC(=O)c1c2c(nn1C)CCN(S(=O)(=O)c1ccc(NC(C)=O)cc1)C2. The van der Waals surface area contributed by atoms with E-state index in [1.54, 1.807) is 14.0 Å². The number of fused-ring (bicyclic) bond motifs is 1. The van der Waals surface area contributed by atoms with Crippen molar-refractivity contribution in [2.24, 2.45) is 7.05 Å². The van der Waals surface area contributed by atoms with Crippen LogP contribution < -0.4 is 5.32 Å². The van der Waals surface area contributed by atoms with Gasteiger partial charge in [0.25, 0.3) is 0 Å². The molecule has 0 bridgehead atoms. The number of rotatable bonds is 5. The molecule has 3 rings (SSSR count). The molecule has 2 aromatic rings. The maximum atomic E-state index is 13.0. The van der Waals surface area contributed by atoms with Crippen molar-refractivity contribution in [1.29, 1.82) is 0 Å². The minimum Gasteiger partial charge on any atom is -0.461 e. The second kappa shape index (κ2) is 7.72. The third-order valence-electron chi connectivity index (χ3n) is 4.44. The zero-order valence-electron chi connectivity index (χ0n) is 15.9. The van der Waals surface area contributed by atoms with E-state index >= 15 is 0 Å². The molecule has 9 nitrogen and oxygen atoms in total. The number of aromatic nitrogens is 2. The first-order valence-electron chi connectivity index (χ1n) is 8.83. The molecule has 28 heavy (non-hydrogen) atoms. The van der Waals surface area contributed by atoms with Gasteiger partial charge in [-0.3, -0.25) is 9.48 Å². The minimum absolute atomic E-state index is 0.0487. The molecular formula is C18H22N4O5S. The molecule has 0 saturated heterocycles. The van der Waals surface area contributed by atoms with Gasteiger partial charge in [0.1, 0.15) is 0 Å². The average Bonchev–Trinajstić information content (AvgIpc) is 2.96. The van der Waals surface area contributed by atoms with Crippen molar-refractivity contribution in [2.45, 2.75) is 31.7 Å². The van der Waals surface area contributed by atoms with Crippen LogP contribution in [0.1, 0.15) is 35.6 Å². The van der Waals surface area contributed by atoms with Crippen LogP contribution in [0.25, 0.3) is 0 Å². The van der Waals surface area contributed by atoms with E-state index in [1.165, 1.54) is 40.2 Å². The van der Waals surface area contributed by atoms with Crippen molar-refractivity contribution in [3.63, 3.8) is 0 Å². The van der Waals surface area contributed by atoms with Crippen LogP contribution in [0.3, 0.4) is 0 Å². The molecule has 150 valence electrons. The zero-order chi connectivity index (χ0) is 20.5. The Balaban J connectivity index is 1.88. The lowest BCUT2D eigenvalue weighted by molar-refractivity contribution is -0.114. The maximum Gasteiger partial charge on any atom is 0.356 e. The molecule has 0 aliphatic carbocycles. The number of ether oxygens (including phenoxy) is 1. The number of nitrogens with one attached hydrogen (secondary N) is 1. The second-order valence-electron chi connectivity index (χ2n) is 6.41. The van der Waals surface area contributed by atoms with Gasteiger partial charge in [-0.2, -0.15) is 9.40 Å². The number of carbonyl (C=O) groups is 2. The third kappa shape index (κ3) is 3.78. The van der Waals surface area contributed by atoms with Gasteiger partial charge in [-0.25, -0.2) is 13.2 Å². The number of sulfonamides is 1. The number of benzene rings is 1. The molecular weight excluding hydrogens is 384 g/mol. The summed E-state index contributed by atoms with van der Waals surface area (Å²) in [7, 11) is -2.12. The first-order valence-corrected chi connectivity index (χ1v) is 10.3. The van der Waals surface area contributed by atoms with Crippen LogP contribution in [-0.4, -0.2) is 47.5 Å². The van der Waals surface area contributed by atoms with E-state index in [0.717, 1.165) is 0 Å². The van der Waals surface area contributed by atoms with Gasteiger partial charge in [-0.1, -0.05) is 0 Å². The fourth-order valence-electron chi connectivity index (χ4n) is 3.20. The summed E-state index contributed by atoms with van der Waals surface area (Å²) in [5.74, 6) is -0.750. The normalized spacial score (nSPS) is 14.4. The number of aryl methyl sites for hydroxylation is 1. The number of amides is 1. The number of esters is 1. The topological polar surface area (TPSA) is 111 Å². The Morgan fingerprint density at radius 3 is 2.54 bits per heavy atom. The lowest BCUT2D eigenvalue weighted by Crippen LogP contribution is -2.36. The smallest absolute Gasteiger partial charge is 0.356 e. The van der Waals surface area contributed by atoms with Crippen molar-refractivity contribution in [3.8, 4) is 0 Å². The molecule has 0 fully saturated rings. The van der Waals surface area contributed by atoms with Crippen molar-refractivity contribution < 1.29 is 22.7 Å². The average molecular weight is 406 g/mol. The van der Waals surface area contributed by atoms with E-state index in [1.807, 2.05) is 0 Å². The summed E-state index contributed by atoms with van der Waals surface area (Å²) in [6, 6.07) is 5.98. The highest BCUT2D eigenvalue weighted by Crippen LogP contribution is 2.27. The van der Waals surface area contributed by atoms with Gasteiger partial charge in [0.2, 0.25) is 15.9 Å². The van der Waals surface area contributed by atoms with Gasteiger partial charge in [0.15, 0.2) is 5.69 Å². The highest BCUT2D eigenvalue weighted by molar-refractivity contribution is 7.89. The molecule has 1 aromatic carbocycles. The lowest BCUT2D eigenvalue weighted by Gasteiger charge is -2.26. The molecule has 0 saturated carbocycles. The Morgan fingerprint density at radius 2 is 1.93 bits per heavy atom. The summed E-state index contributed by atoms with van der Waals surface area (Å²) in [4.78, 5) is 23.5. The van der Waals surface area contributed by atoms with E-state index in [4.69, 9.17) is 4.74 Å². The monoisotopic (exact) mass is 406 g/mol. The van der Waals surface area contributed by atoms with Crippen LogP contribution in [0.4, 0.5) is 5.69 Å². The van der Waals surface area contributed by atoms with Crippen molar-refractivity contribution in [2.75, 3.05) is 18.5 Å². The molecule has 0 spiro atoms. The van der Waals surface area contributed by atoms with Crippen molar-refractivity contribution >= 4 is 27.6 Å². The fraction of sp³-hybridized carbons (Fsp3) is 0.389. The molecule has 1 N–H and O–H groups in total. The summed E-state index contributed by atoms with van der Waals surface area (Å²) in [5.41, 5.74) is 2.07. The molecule has 0 unspecified atom stereocenters. The number of hydrogen-bond acceptors (Lipinski definition) is 6. The third-order valence-corrected chi connectivity index (χ3v) is 6.30. The Morgan fingerprint density at radius 1 is 1.25 bits per heavy atom. The van der Waals surface area contributed by atoms with Gasteiger partial charge in [-0.15, -0.1) is 0 Å². The predicted octanol–water partition coefficient (Wildman–Crippen LogP) is 1.30. The molecule has 0 atom stereocenters. The number of hydrogen-bond donors (Lipinski definition) is 1. The zero-order valence-corrected chi connectivity index (χ0v) is 16.7. The molecule has 1 amide bonds. The second-order valence-corrected chi connectivity index (χ2v) is 8.35. The Kier molecular flexibility index (Phi) is 5.52. The van der Waals surface area contributed by atoms with Crippen LogP contribution in [-0.2, 0) is 39.6 Å². The lowest BCUT2D eigenvalue weighted by atomic mass is 10.1. The van der Waals surface area contributed by atoms with Gasteiger partial charge in [0.05, 0.1) is 17.2 Å². The highest BCUT2D eigenvalue weighted by atomic mass is 32.2. The van der Waals surface area contributed by atoms with Crippen LogP contribution >= 0.6 is 0 Å². The van der Waals surface area contributed by atoms with E-state index in [9.17, 15) is 18.0 Å². The molecule has 1 aliphatic heterocycles. The summed E-state index contributed by atoms with van der Waals surface area (Å²) >= 11 is 0. The highest BCUT2D eigenvalue weighted by Gasteiger charge is 2.33. The summed E-state index contributed by atoms with van der Waals surface area (Å²) in [5, 5.41) is 6.94. The van der Waals surface area contributed by atoms with Crippen LogP contribution in [0, 0.1) is 0 Å². The van der Waals surface area contributed by atoms with E-state index in [2.05, 4.69) is 10.4 Å². The Bertz CT molecular complexity index is 1010. The maximum absolute atomic E-state index is 13.0. The van der Waals surface area contributed by atoms with E-state index in [0.29, 0.717) is 23.4 Å². The summed E-state index contributed by atoms with van der Waals surface area (Å²) in [6.45, 7) is 3.63. The minimum atomic E-state index is -3.76. The van der Waals surface area contributed by atoms with Crippen LogP contribution in [0.2, 0.25) is 0 Å². The standard InChI is InChI=1S/C18H22N4O5S/c1-4-27-18(24)17-15-11-22(10-9-16(15)20-21(17)3)28(25,26)14-7-5-13(6-8-14)19-12(2)23/h5-8H,4,9-11H2,1-3H3,(H,19,23). The number of carbonyl (C=O) groups excluding carboxylic acids is 2. The number of nitrogens with zero attached hydrogens (tertiary/aromatic N) is 3. The van der Waals surface area contributed by atoms with Crippen LogP contribution in [0.15, 0.2) is 29.2 Å². The van der Waals surface area contributed by atoms with Crippen molar-refractivity contribution in [1.82, 2.24) is 14.1 Å². The quantitative estimate of drug-likeness (QED) is 0.750. The Labute approximate surface area is 163 Å². The first kappa shape index (κ1) is 20.0. The largest absolute Gasteiger partial charge is 0.461 e. The summed E-state index contributed by atoms with van der Waals surface area (Å²) < 4.78 is 33.9. The van der Waals surface area contributed by atoms with Crippen LogP contribution in [0.5, 0.6) is 0 Å². The Hall–Kier alpha value is -2.72. The summed E-state index contributed by atoms with van der Waals surface area (Å²) in [6.07, 6.45) is 0.409. The van der Waals surface area contributed by atoms with Crippen molar-refractivity contribution in [3.05, 3.63) is 41.2 Å². The van der Waals surface area contributed by atoms with Gasteiger partial charge in [0, 0.05) is 44.7 Å². The van der Waals surface area contributed by atoms with Gasteiger partial charge >= 0.3 is 5.97 Å². The predicted molar refractivity (Wildman–Crippen MR) is 101 cm³/mol. The number of anilines is 1. The van der Waals surface area contributed by atoms with Gasteiger partial charge < -0.3 is 10.1 Å². The van der Waals surface area contributed by atoms with E-state index < -0.39 is 16.0 Å². The molecule has 0 radical (unpaired) electrons. The fourth-order valence-corrected chi connectivity index (χ4v) is 4.61. The molecule has 2 heterocycles. The van der Waals surface area contributed by atoms with Gasteiger partial charge in [-0.05, 0) is 31.2 Å². The molecule has 1 aromatic heterocycles.